The Morgan fingerprint density at radius 2 is 2.41 bits per heavy atom. The van der Waals surface area contributed by atoms with Crippen LogP contribution in [-0.4, -0.2) is 47.5 Å². The van der Waals surface area contributed by atoms with Gasteiger partial charge in [-0.05, 0) is 6.92 Å². The zero-order valence-electron chi connectivity index (χ0n) is 9.38. The lowest BCUT2D eigenvalue weighted by Crippen LogP contribution is -2.50. The van der Waals surface area contributed by atoms with E-state index in [4.69, 9.17) is 10.5 Å². The SMILES string of the molecule is Cc1ncsc1C(=O)N1CCO[C@H](C(N)=O)C1. The molecule has 1 aromatic rings. The number of carbonyl (C=O) groups is 2. The van der Waals surface area contributed by atoms with Gasteiger partial charge in [0.05, 0.1) is 24.4 Å². The minimum atomic E-state index is -0.707. The number of ether oxygens (including phenoxy) is 1. The van der Waals surface area contributed by atoms with Crippen LogP contribution in [0, 0.1) is 6.92 Å². The Hall–Kier alpha value is -1.47. The molecule has 1 atom stereocenters. The third kappa shape index (κ3) is 2.45. The number of hydrogen-bond acceptors (Lipinski definition) is 5. The first-order chi connectivity index (χ1) is 8.09. The fraction of sp³-hybridized carbons (Fsp3) is 0.500. The third-order valence-corrected chi connectivity index (χ3v) is 3.53. The quantitative estimate of drug-likeness (QED) is 0.791. The van der Waals surface area contributed by atoms with Crippen molar-refractivity contribution in [2.75, 3.05) is 19.7 Å². The van der Waals surface area contributed by atoms with E-state index in [-0.39, 0.29) is 12.5 Å². The first-order valence-electron chi connectivity index (χ1n) is 5.20. The number of aryl methyl sites for hydroxylation is 1. The Balaban J connectivity index is 2.10. The number of nitrogens with zero attached hydrogens (tertiary/aromatic N) is 2. The van der Waals surface area contributed by atoms with Crippen molar-refractivity contribution in [3.63, 3.8) is 0 Å². The Kier molecular flexibility index (Phi) is 3.39. The average Bonchev–Trinajstić information content (AvgIpc) is 2.74. The van der Waals surface area contributed by atoms with E-state index in [1.54, 1.807) is 17.3 Å². The van der Waals surface area contributed by atoms with Crippen LogP contribution in [0.15, 0.2) is 5.51 Å². The van der Waals surface area contributed by atoms with Crippen molar-refractivity contribution in [2.24, 2.45) is 5.73 Å². The van der Waals surface area contributed by atoms with E-state index in [2.05, 4.69) is 4.98 Å². The molecule has 17 heavy (non-hydrogen) atoms. The van der Waals surface area contributed by atoms with Crippen molar-refractivity contribution in [3.05, 3.63) is 16.1 Å². The Labute approximate surface area is 102 Å². The van der Waals surface area contributed by atoms with Gasteiger partial charge in [-0.3, -0.25) is 9.59 Å². The van der Waals surface area contributed by atoms with Crippen LogP contribution < -0.4 is 5.73 Å². The highest BCUT2D eigenvalue weighted by Gasteiger charge is 2.29. The highest BCUT2D eigenvalue weighted by Crippen LogP contribution is 2.17. The summed E-state index contributed by atoms with van der Waals surface area (Å²) in [6.07, 6.45) is -0.707. The van der Waals surface area contributed by atoms with E-state index < -0.39 is 12.0 Å². The van der Waals surface area contributed by atoms with E-state index in [1.807, 2.05) is 0 Å². The number of nitrogens with two attached hydrogens (primary N) is 1. The zero-order chi connectivity index (χ0) is 12.4. The number of thiazole rings is 1. The molecule has 0 bridgehead atoms. The number of amides is 2. The summed E-state index contributed by atoms with van der Waals surface area (Å²) in [5.74, 6) is -0.650. The van der Waals surface area contributed by atoms with Crippen LogP contribution in [0.5, 0.6) is 0 Å². The van der Waals surface area contributed by atoms with E-state index in [0.717, 1.165) is 0 Å². The summed E-state index contributed by atoms with van der Waals surface area (Å²) in [4.78, 5) is 29.4. The predicted octanol–water partition coefficient (Wildman–Crippen LogP) is -0.222. The molecule has 1 aromatic heterocycles. The molecule has 0 unspecified atom stereocenters. The molecule has 1 saturated heterocycles. The molecule has 0 aromatic carbocycles. The topological polar surface area (TPSA) is 85.5 Å². The lowest BCUT2D eigenvalue weighted by molar-refractivity contribution is -0.133. The summed E-state index contributed by atoms with van der Waals surface area (Å²) < 4.78 is 5.19. The molecule has 2 heterocycles. The highest BCUT2D eigenvalue weighted by atomic mass is 32.1. The molecule has 0 spiro atoms. The summed E-state index contributed by atoms with van der Waals surface area (Å²) in [5, 5.41) is 0. The highest BCUT2D eigenvalue weighted by molar-refractivity contribution is 7.11. The van der Waals surface area contributed by atoms with Crippen LogP contribution in [0.25, 0.3) is 0 Å². The number of carbonyl (C=O) groups excluding carboxylic acids is 2. The second-order valence-electron chi connectivity index (χ2n) is 3.78. The number of morpholine rings is 1. The molecule has 2 amide bonds. The molecule has 2 N–H and O–H groups in total. The van der Waals surface area contributed by atoms with Crippen LogP contribution in [0.2, 0.25) is 0 Å². The lowest BCUT2D eigenvalue weighted by atomic mass is 10.2. The van der Waals surface area contributed by atoms with Crippen molar-refractivity contribution in [2.45, 2.75) is 13.0 Å². The van der Waals surface area contributed by atoms with Crippen LogP contribution in [0.3, 0.4) is 0 Å². The molecule has 6 nitrogen and oxygen atoms in total. The van der Waals surface area contributed by atoms with Crippen LogP contribution in [0.4, 0.5) is 0 Å². The van der Waals surface area contributed by atoms with Crippen LogP contribution >= 0.6 is 11.3 Å². The van der Waals surface area contributed by atoms with Gasteiger partial charge in [-0.15, -0.1) is 11.3 Å². The number of rotatable bonds is 2. The van der Waals surface area contributed by atoms with E-state index in [1.165, 1.54) is 11.3 Å². The van der Waals surface area contributed by atoms with Gasteiger partial charge in [0.1, 0.15) is 4.88 Å². The maximum Gasteiger partial charge on any atom is 0.266 e. The molecular formula is C10H13N3O3S. The van der Waals surface area contributed by atoms with Gasteiger partial charge in [0.15, 0.2) is 6.10 Å². The van der Waals surface area contributed by atoms with Crippen LogP contribution in [0.1, 0.15) is 15.4 Å². The molecule has 0 saturated carbocycles. The maximum atomic E-state index is 12.1. The Morgan fingerprint density at radius 3 is 3.00 bits per heavy atom. The predicted molar refractivity (Wildman–Crippen MR) is 61.7 cm³/mol. The van der Waals surface area contributed by atoms with Gasteiger partial charge in [0, 0.05) is 6.54 Å². The van der Waals surface area contributed by atoms with Gasteiger partial charge >= 0.3 is 0 Å². The molecule has 1 aliphatic heterocycles. The molecule has 7 heteroatoms. The van der Waals surface area contributed by atoms with E-state index in [0.29, 0.717) is 23.7 Å². The molecule has 1 fully saturated rings. The van der Waals surface area contributed by atoms with Gasteiger partial charge in [-0.1, -0.05) is 0 Å². The Morgan fingerprint density at radius 1 is 1.65 bits per heavy atom. The van der Waals surface area contributed by atoms with Gasteiger partial charge in [0.2, 0.25) is 5.91 Å². The monoisotopic (exact) mass is 255 g/mol. The molecule has 92 valence electrons. The zero-order valence-corrected chi connectivity index (χ0v) is 10.2. The smallest absolute Gasteiger partial charge is 0.266 e. The van der Waals surface area contributed by atoms with Crippen molar-refractivity contribution in [3.8, 4) is 0 Å². The van der Waals surface area contributed by atoms with E-state index in [9.17, 15) is 9.59 Å². The summed E-state index contributed by atoms with van der Waals surface area (Å²) in [6.45, 7) is 2.80. The fourth-order valence-corrected chi connectivity index (χ4v) is 2.43. The summed E-state index contributed by atoms with van der Waals surface area (Å²) >= 11 is 1.30. The normalized spacial score (nSPS) is 20.3. The number of aromatic nitrogens is 1. The minimum Gasteiger partial charge on any atom is -0.367 e. The first kappa shape index (κ1) is 12.0. The lowest BCUT2D eigenvalue weighted by Gasteiger charge is -2.31. The van der Waals surface area contributed by atoms with Gasteiger partial charge in [-0.25, -0.2) is 4.98 Å². The number of hydrogen-bond donors (Lipinski definition) is 1. The van der Waals surface area contributed by atoms with Gasteiger partial charge < -0.3 is 15.4 Å². The molecule has 2 rings (SSSR count). The fourth-order valence-electron chi connectivity index (χ4n) is 1.66. The van der Waals surface area contributed by atoms with Crippen molar-refractivity contribution >= 4 is 23.2 Å². The van der Waals surface area contributed by atoms with Gasteiger partial charge in [0.25, 0.3) is 5.91 Å². The largest absolute Gasteiger partial charge is 0.367 e. The second kappa shape index (κ2) is 4.80. The van der Waals surface area contributed by atoms with Crippen molar-refractivity contribution in [1.29, 1.82) is 0 Å². The molecule has 0 aliphatic carbocycles. The van der Waals surface area contributed by atoms with Crippen molar-refractivity contribution < 1.29 is 14.3 Å². The molecule has 0 radical (unpaired) electrons. The number of primary amides is 1. The van der Waals surface area contributed by atoms with E-state index >= 15 is 0 Å². The first-order valence-corrected chi connectivity index (χ1v) is 6.08. The average molecular weight is 255 g/mol. The summed E-state index contributed by atoms with van der Waals surface area (Å²) in [6, 6.07) is 0. The second-order valence-corrected chi connectivity index (χ2v) is 4.63. The van der Waals surface area contributed by atoms with Crippen LogP contribution in [-0.2, 0) is 9.53 Å². The molecular weight excluding hydrogens is 242 g/mol. The maximum absolute atomic E-state index is 12.1. The standard InChI is InChI=1S/C10H13N3O3S/c1-6-8(17-5-12-6)10(15)13-2-3-16-7(4-13)9(11)14/h5,7H,2-4H2,1H3,(H2,11,14)/t7-/m0/s1. The minimum absolute atomic E-state index is 0.112. The summed E-state index contributed by atoms with van der Waals surface area (Å²) in [7, 11) is 0. The Bertz CT molecular complexity index is 446. The molecule has 1 aliphatic rings. The van der Waals surface area contributed by atoms with Gasteiger partial charge in [-0.2, -0.15) is 0 Å². The summed E-state index contributed by atoms with van der Waals surface area (Å²) in [5.41, 5.74) is 7.51. The van der Waals surface area contributed by atoms with Crippen molar-refractivity contribution in [1.82, 2.24) is 9.88 Å². The third-order valence-electron chi connectivity index (χ3n) is 2.61.